The molecule has 5 heteroatoms. The lowest BCUT2D eigenvalue weighted by Crippen LogP contribution is -2.11. The molecule has 0 aliphatic carbocycles. The number of aldehydes is 1. The third-order valence-corrected chi connectivity index (χ3v) is 2.21. The van der Waals surface area contributed by atoms with Gasteiger partial charge in [-0.2, -0.15) is 0 Å². The lowest BCUT2D eigenvalue weighted by molar-refractivity contribution is -0.139. The maximum atomic E-state index is 10.8. The van der Waals surface area contributed by atoms with E-state index in [1.807, 2.05) is 0 Å². The molecule has 0 spiro atoms. The number of benzene rings is 1. The molecule has 0 aliphatic rings. The van der Waals surface area contributed by atoms with Crippen molar-refractivity contribution in [3.05, 3.63) is 35.9 Å². The van der Waals surface area contributed by atoms with Crippen LogP contribution >= 0.6 is 0 Å². The molecule has 1 aromatic rings. The van der Waals surface area contributed by atoms with Crippen LogP contribution in [0, 0.1) is 0 Å². The Morgan fingerprint density at radius 1 is 1.50 bits per heavy atom. The third-order valence-electron chi connectivity index (χ3n) is 2.21. The summed E-state index contributed by atoms with van der Waals surface area (Å²) in [4.78, 5) is 21.3. The van der Waals surface area contributed by atoms with E-state index in [4.69, 9.17) is 14.6 Å². The fourth-order valence-corrected chi connectivity index (χ4v) is 1.51. The van der Waals surface area contributed by atoms with Crippen LogP contribution in [0.25, 0.3) is 0 Å². The molecule has 18 heavy (non-hydrogen) atoms. The number of hydrogen-bond acceptors (Lipinski definition) is 4. The van der Waals surface area contributed by atoms with Gasteiger partial charge in [0.2, 0.25) is 0 Å². The maximum Gasteiger partial charge on any atom is 0.341 e. The number of aliphatic carboxylic acids is 1. The Labute approximate surface area is 105 Å². The van der Waals surface area contributed by atoms with Gasteiger partial charge in [-0.1, -0.05) is 6.08 Å². The fraction of sp³-hybridized carbons (Fsp3) is 0.231. The third kappa shape index (κ3) is 3.35. The second-order valence-corrected chi connectivity index (χ2v) is 3.50. The van der Waals surface area contributed by atoms with Crippen LogP contribution in [0.3, 0.4) is 0 Å². The monoisotopic (exact) mass is 250 g/mol. The summed E-state index contributed by atoms with van der Waals surface area (Å²) in [5, 5.41) is 8.62. The summed E-state index contributed by atoms with van der Waals surface area (Å²) in [6.45, 7) is 3.13. The molecule has 0 atom stereocenters. The van der Waals surface area contributed by atoms with Crippen molar-refractivity contribution < 1.29 is 24.2 Å². The van der Waals surface area contributed by atoms with Gasteiger partial charge in [0, 0.05) is 11.1 Å². The van der Waals surface area contributed by atoms with E-state index in [9.17, 15) is 9.59 Å². The Bertz CT molecular complexity index is 465. The van der Waals surface area contributed by atoms with Crippen LogP contribution in [0.2, 0.25) is 0 Å². The number of methoxy groups -OCH3 is 1. The summed E-state index contributed by atoms with van der Waals surface area (Å²) in [6, 6.07) is 3.12. The first-order chi connectivity index (χ1) is 8.62. The number of hydrogen-bond donors (Lipinski definition) is 1. The summed E-state index contributed by atoms with van der Waals surface area (Å²) in [6.07, 6.45) is 2.78. The van der Waals surface area contributed by atoms with Gasteiger partial charge in [-0.05, 0) is 18.6 Å². The van der Waals surface area contributed by atoms with Crippen LogP contribution in [-0.4, -0.2) is 31.1 Å². The van der Waals surface area contributed by atoms with Crippen molar-refractivity contribution in [1.82, 2.24) is 0 Å². The summed E-state index contributed by atoms with van der Waals surface area (Å²) >= 11 is 0. The van der Waals surface area contributed by atoms with E-state index in [0.29, 0.717) is 35.3 Å². The predicted molar refractivity (Wildman–Crippen MR) is 65.4 cm³/mol. The number of carboxylic acid groups (broad SMARTS) is 1. The number of carboxylic acids is 1. The lowest BCUT2D eigenvalue weighted by atomic mass is 10.1. The van der Waals surface area contributed by atoms with Gasteiger partial charge in [0.25, 0.3) is 0 Å². The zero-order valence-electron chi connectivity index (χ0n) is 10.0. The largest absolute Gasteiger partial charge is 0.493 e. The van der Waals surface area contributed by atoms with Crippen LogP contribution in [-0.2, 0) is 11.2 Å². The van der Waals surface area contributed by atoms with Gasteiger partial charge in [0.05, 0.1) is 7.11 Å². The number of ether oxygens (including phenoxy) is 2. The quantitative estimate of drug-likeness (QED) is 0.589. The average molecular weight is 250 g/mol. The molecule has 0 saturated carbocycles. The van der Waals surface area contributed by atoms with Gasteiger partial charge in [0.1, 0.15) is 6.29 Å². The first kappa shape index (κ1) is 13.8. The van der Waals surface area contributed by atoms with Crippen LogP contribution in [0.4, 0.5) is 0 Å². The van der Waals surface area contributed by atoms with E-state index in [-0.39, 0.29) is 0 Å². The van der Waals surface area contributed by atoms with Crippen molar-refractivity contribution in [3.8, 4) is 11.5 Å². The van der Waals surface area contributed by atoms with E-state index in [1.165, 1.54) is 13.2 Å². The predicted octanol–water partition coefficient (Wildman–Crippen LogP) is 1.70. The second kappa shape index (κ2) is 6.44. The molecule has 0 heterocycles. The molecule has 0 amide bonds. The fourth-order valence-electron chi connectivity index (χ4n) is 1.51. The van der Waals surface area contributed by atoms with E-state index in [0.717, 1.165) is 0 Å². The summed E-state index contributed by atoms with van der Waals surface area (Å²) in [5.74, 6) is -0.427. The first-order valence-corrected chi connectivity index (χ1v) is 5.24. The molecule has 1 N–H and O–H groups in total. The molecule has 0 radical (unpaired) electrons. The molecule has 5 nitrogen and oxygen atoms in total. The zero-order valence-corrected chi connectivity index (χ0v) is 10.0. The minimum absolute atomic E-state index is 0.324. The molecule has 0 fully saturated rings. The summed E-state index contributed by atoms with van der Waals surface area (Å²) in [7, 11) is 1.43. The van der Waals surface area contributed by atoms with Crippen molar-refractivity contribution in [1.29, 1.82) is 0 Å². The van der Waals surface area contributed by atoms with Crippen LogP contribution in [0.5, 0.6) is 11.5 Å². The highest BCUT2D eigenvalue weighted by Gasteiger charge is 2.13. The van der Waals surface area contributed by atoms with E-state index in [1.54, 1.807) is 12.1 Å². The topological polar surface area (TPSA) is 72.8 Å². The molecule has 0 aromatic heterocycles. The summed E-state index contributed by atoms with van der Waals surface area (Å²) < 4.78 is 10.3. The Morgan fingerprint density at radius 2 is 2.22 bits per heavy atom. The molecule has 0 aliphatic heterocycles. The molecule has 0 unspecified atom stereocenters. The Kier molecular flexibility index (Phi) is 4.92. The van der Waals surface area contributed by atoms with Crippen molar-refractivity contribution in [2.24, 2.45) is 0 Å². The van der Waals surface area contributed by atoms with E-state index >= 15 is 0 Å². The zero-order chi connectivity index (χ0) is 13.5. The van der Waals surface area contributed by atoms with Crippen molar-refractivity contribution >= 4 is 12.3 Å². The highest BCUT2D eigenvalue weighted by Crippen LogP contribution is 2.33. The number of allylic oxidation sites excluding steroid dienone is 1. The number of carbonyl (C=O) groups excluding carboxylic acids is 1. The number of rotatable bonds is 7. The Morgan fingerprint density at radius 3 is 2.72 bits per heavy atom. The molecule has 0 bridgehead atoms. The van der Waals surface area contributed by atoms with E-state index < -0.39 is 12.6 Å². The van der Waals surface area contributed by atoms with E-state index in [2.05, 4.69) is 6.58 Å². The summed E-state index contributed by atoms with van der Waals surface area (Å²) in [5.41, 5.74) is 1.10. The SMILES string of the molecule is C=CCc1cc(C=O)cc(OC)c1OCC(=O)O. The minimum atomic E-state index is -1.08. The van der Waals surface area contributed by atoms with Gasteiger partial charge in [-0.3, -0.25) is 4.79 Å². The Balaban J connectivity index is 3.19. The van der Waals surface area contributed by atoms with Gasteiger partial charge in [-0.25, -0.2) is 4.79 Å². The molecule has 96 valence electrons. The smallest absolute Gasteiger partial charge is 0.341 e. The van der Waals surface area contributed by atoms with Crippen LogP contribution in [0.1, 0.15) is 15.9 Å². The molecular formula is C13H14O5. The Hall–Kier alpha value is -2.30. The average Bonchev–Trinajstić information content (AvgIpc) is 2.36. The normalized spacial score (nSPS) is 9.61. The van der Waals surface area contributed by atoms with Gasteiger partial charge < -0.3 is 14.6 Å². The second-order valence-electron chi connectivity index (χ2n) is 3.50. The van der Waals surface area contributed by atoms with Crippen molar-refractivity contribution in [2.45, 2.75) is 6.42 Å². The molecule has 0 saturated heterocycles. The molecule has 1 aromatic carbocycles. The maximum absolute atomic E-state index is 10.8. The van der Waals surface area contributed by atoms with Crippen molar-refractivity contribution in [2.75, 3.05) is 13.7 Å². The minimum Gasteiger partial charge on any atom is -0.493 e. The standard InChI is InChI=1S/C13H14O5/c1-3-4-10-5-9(7-14)6-11(17-2)13(10)18-8-12(15)16/h3,5-7H,1,4,8H2,2H3,(H,15,16). The van der Waals surface area contributed by atoms with Gasteiger partial charge in [0.15, 0.2) is 18.1 Å². The van der Waals surface area contributed by atoms with Crippen molar-refractivity contribution in [3.63, 3.8) is 0 Å². The highest BCUT2D eigenvalue weighted by atomic mass is 16.5. The van der Waals surface area contributed by atoms with Crippen LogP contribution < -0.4 is 9.47 Å². The molecule has 1 rings (SSSR count). The van der Waals surface area contributed by atoms with Crippen LogP contribution in [0.15, 0.2) is 24.8 Å². The highest BCUT2D eigenvalue weighted by molar-refractivity contribution is 5.77. The first-order valence-electron chi connectivity index (χ1n) is 5.24. The lowest BCUT2D eigenvalue weighted by Gasteiger charge is -2.14. The van der Waals surface area contributed by atoms with Gasteiger partial charge in [-0.15, -0.1) is 6.58 Å². The number of carbonyl (C=O) groups is 2. The molecular weight excluding hydrogens is 236 g/mol. The van der Waals surface area contributed by atoms with Gasteiger partial charge >= 0.3 is 5.97 Å².